The highest BCUT2D eigenvalue weighted by Gasteiger charge is 2.31. The van der Waals surface area contributed by atoms with Gasteiger partial charge in [-0.1, -0.05) is 24.3 Å². The molecule has 0 spiro atoms. The summed E-state index contributed by atoms with van der Waals surface area (Å²) >= 11 is 0. The summed E-state index contributed by atoms with van der Waals surface area (Å²) in [5.74, 6) is 1.06. The van der Waals surface area contributed by atoms with Crippen LogP contribution in [-0.4, -0.2) is 36.4 Å². The lowest BCUT2D eigenvalue weighted by atomic mass is 10.0. The first-order valence-corrected chi connectivity index (χ1v) is 8.09. The molecule has 120 valence electrons. The standard InChI is InChI=1S/C19H23N3O/c1-14-16(11-12-18(20-14)21(2)3)17-10-7-13-22(17)19(23)15-8-5-4-6-9-15/h4-6,8-9,11-12,17H,7,10,13H2,1-3H3/t17-/m1/s1. The van der Waals surface area contributed by atoms with Gasteiger partial charge in [-0.15, -0.1) is 0 Å². The summed E-state index contributed by atoms with van der Waals surface area (Å²) in [6.45, 7) is 2.85. The zero-order chi connectivity index (χ0) is 16.4. The maximum Gasteiger partial charge on any atom is 0.254 e. The largest absolute Gasteiger partial charge is 0.363 e. The summed E-state index contributed by atoms with van der Waals surface area (Å²) in [4.78, 5) is 21.5. The molecule has 3 rings (SSSR count). The number of carbonyl (C=O) groups excluding carboxylic acids is 1. The molecule has 4 nitrogen and oxygen atoms in total. The summed E-state index contributed by atoms with van der Waals surface area (Å²) in [5.41, 5.74) is 2.93. The first kappa shape index (κ1) is 15.5. The molecule has 0 bridgehead atoms. The number of aryl methyl sites for hydroxylation is 1. The zero-order valence-electron chi connectivity index (χ0n) is 14.0. The summed E-state index contributed by atoms with van der Waals surface area (Å²) in [7, 11) is 3.98. The van der Waals surface area contributed by atoms with Crippen LogP contribution in [0.5, 0.6) is 0 Å². The molecule has 23 heavy (non-hydrogen) atoms. The van der Waals surface area contributed by atoms with Crippen molar-refractivity contribution in [1.29, 1.82) is 0 Å². The number of pyridine rings is 1. The highest BCUT2D eigenvalue weighted by molar-refractivity contribution is 5.94. The normalized spacial score (nSPS) is 17.3. The topological polar surface area (TPSA) is 36.4 Å². The number of aromatic nitrogens is 1. The van der Waals surface area contributed by atoms with Crippen molar-refractivity contribution in [1.82, 2.24) is 9.88 Å². The number of amides is 1. The third-order valence-corrected chi connectivity index (χ3v) is 4.46. The number of benzene rings is 1. The number of likely N-dealkylation sites (tertiary alicyclic amines) is 1. The number of hydrogen-bond acceptors (Lipinski definition) is 3. The molecule has 1 atom stereocenters. The first-order chi connectivity index (χ1) is 11.1. The van der Waals surface area contributed by atoms with Gasteiger partial charge in [-0.3, -0.25) is 4.79 Å². The van der Waals surface area contributed by atoms with Crippen LogP contribution in [0.2, 0.25) is 0 Å². The molecular weight excluding hydrogens is 286 g/mol. The molecule has 0 radical (unpaired) electrons. The van der Waals surface area contributed by atoms with Crippen LogP contribution in [0.25, 0.3) is 0 Å². The van der Waals surface area contributed by atoms with Crippen LogP contribution in [-0.2, 0) is 0 Å². The Balaban J connectivity index is 1.89. The van der Waals surface area contributed by atoms with E-state index in [1.165, 1.54) is 0 Å². The van der Waals surface area contributed by atoms with E-state index in [0.29, 0.717) is 0 Å². The third kappa shape index (κ3) is 3.07. The number of rotatable bonds is 3. The van der Waals surface area contributed by atoms with Gasteiger partial charge in [0.05, 0.1) is 6.04 Å². The summed E-state index contributed by atoms with van der Waals surface area (Å²) in [6, 6.07) is 13.8. The van der Waals surface area contributed by atoms with Crippen LogP contribution in [0.1, 0.15) is 40.5 Å². The lowest BCUT2D eigenvalue weighted by Gasteiger charge is -2.26. The number of carbonyl (C=O) groups is 1. The van der Waals surface area contributed by atoms with Crippen molar-refractivity contribution >= 4 is 11.7 Å². The van der Waals surface area contributed by atoms with Crippen molar-refractivity contribution in [2.45, 2.75) is 25.8 Å². The van der Waals surface area contributed by atoms with Crippen LogP contribution in [0.4, 0.5) is 5.82 Å². The molecular formula is C19H23N3O. The molecule has 1 aromatic heterocycles. The SMILES string of the molecule is Cc1nc(N(C)C)ccc1[C@H]1CCCN1C(=O)c1ccccc1. The van der Waals surface area contributed by atoms with Gasteiger partial charge < -0.3 is 9.80 Å². The third-order valence-electron chi connectivity index (χ3n) is 4.46. The van der Waals surface area contributed by atoms with Gasteiger partial charge in [0.15, 0.2) is 0 Å². The van der Waals surface area contributed by atoms with Gasteiger partial charge in [0, 0.05) is 31.9 Å². The molecule has 2 heterocycles. The van der Waals surface area contributed by atoms with Gasteiger partial charge in [0.2, 0.25) is 0 Å². The number of hydrogen-bond donors (Lipinski definition) is 0. The second-order valence-corrected chi connectivity index (χ2v) is 6.26. The van der Waals surface area contributed by atoms with Gasteiger partial charge in [-0.05, 0) is 43.5 Å². The lowest BCUT2D eigenvalue weighted by molar-refractivity contribution is 0.0735. The highest BCUT2D eigenvalue weighted by atomic mass is 16.2. The Hall–Kier alpha value is -2.36. The highest BCUT2D eigenvalue weighted by Crippen LogP contribution is 2.34. The van der Waals surface area contributed by atoms with E-state index < -0.39 is 0 Å². The second-order valence-electron chi connectivity index (χ2n) is 6.26. The lowest BCUT2D eigenvalue weighted by Crippen LogP contribution is -2.31. The Labute approximate surface area is 137 Å². The minimum atomic E-state index is 0.115. The second kappa shape index (κ2) is 6.41. The first-order valence-electron chi connectivity index (χ1n) is 8.09. The summed E-state index contributed by atoms with van der Waals surface area (Å²) in [5, 5.41) is 0. The Morgan fingerprint density at radius 2 is 1.91 bits per heavy atom. The van der Waals surface area contributed by atoms with E-state index in [1.54, 1.807) is 0 Å². The number of anilines is 1. The monoisotopic (exact) mass is 309 g/mol. The minimum Gasteiger partial charge on any atom is -0.363 e. The Bertz CT molecular complexity index is 697. The average Bonchev–Trinajstić information content (AvgIpc) is 3.04. The zero-order valence-corrected chi connectivity index (χ0v) is 14.0. The van der Waals surface area contributed by atoms with Crippen molar-refractivity contribution in [2.75, 3.05) is 25.5 Å². The van der Waals surface area contributed by atoms with E-state index in [4.69, 9.17) is 0 Å². The quantitative estimate of drug-likeness (QED) is 0.871. The van der Waals surface area contributed by atoms with Gasteiger partial charge >= 0.3 is 0 Å². The van der Waals surface area contributed by atoms with Crippen molar-refractivity contribution in [3.05, 3.63) is 59.3 Å². The minimum absolute atomic E-state index is 0.115. The van der Waals surface area contributed by atoms with Crippen molar-refractivity contribution in [2.24, 2.45) is 0 Å². The molecule has 1 aliphatic rings. The van der Waals surface area contributed by atoms with E-state index in [9.17, 15) is 4.79 Å². The van der Waals surface area contributed by atoms with Gasteiger partial charge in [-0.25, -0.2) is 4.98 Å². The van der Waals surface area contributed by atoms with E-state index in [1.807, 2.05) is 67.2 Å². The molecule has 1 aromatic carbocycles. The Morgan fingerprint density at radius 1 is 1.17 bits per heavy atom. The molecule has 0 unspecified atom stereocenters. The van der Waals surface area contributed by atoms with Gasteiger partial charge in [-0.2, -0.15) is 0 Å². The van der Waals surface area contributed by atoms with E-state index in [-0.39, 0.29) is 11.9 Å². The van der Waals surface area contributed by atoms with E-state index in [0.717, 1.165) is 42.0 Å². The van der Waals surface area contributed by atoms with Crippen LogP contribution < -0.4 is 4.90 Å². The fourth-order valence-corrected chi connectivity index (χ4v) is 3.24. The maximum atomic E-state index is 12.8. The van der Waals surface area contributed by atoms with Crippen molar-refractivity contribution < 1.29 is 4.79 Å². The fraction of sp³-hybridized carbons (Fsp3) is 0.368. The summed E-state index contributed by atoms with van der Waals surface area (Å²) < 4.78 is 0. The molecule has 0 aliphatic carbocycles. The maximum absolute atomic E-state index is 12.8. The molecule has 2 aromatic rings. The van der Waals surface area contributed by atoms with Gasteiger partial charge in [0.1, 0.15) is 5.82 Å². The molecule has 4 heteroatoms. The summed E-state index contributed by atoms with van der Waals surface area (Å²) in [6.07, 6.45) is 2.04. The number of nitrogens with zero attached hydrogens (tertiary/aromatic N) is 3. The van der Waals surface area contributed by atoms with Crippen LogP contribution in [0.3, 0.4) is 0 Å². The molecule has 1 aliphatic heterocycles. The predicted octanol–water partition coefficient (Wildman–Crippen LogP) is 3.43. The molecule has 0 N–H and O–H groups in total. The van der Waals surface area contributed by atoms with Crippen LogP contribution >= 0.6 is 0 Å². The molecule has 1 saturated heterocycles. The molecule has 0 saturated carbocycles. The van der Waals surface area contributed by atoms with Crippen LogP contribution in [0.15, 0.2) is 42.5 Å². The molecule has 1 fully saturated rings. The predicted molar refractivity (Wildman–Crippen MR) is 92.8 cm³/mol. The van der Waals surface area contributed by atoms with Crippen molar-refractivity contribution in [3.8, 4) is 0 Å². The van der Waals surface area contributed by atoms with Crippen molar-refractivity contribution in [3.63, 3.8) is 0 Å². The van der Waals surface area contributed by atoms with E-state index >= 15 is 0 Å². The van der Waals surface area contributed by atoms with Crippen LogP contribution in [0, 0.1) is 6.92 Å². The molecule has 1 amide bonds. The Kier molecular flexibility index (Phi) is 4.33. The average molecular weight is 309 g/mol. The fourth-order valence-electron chi connectivity index (χ4n) is 3.24. The Morgan fingerprint density at radius 3 is 2.57 bits per heavy atom. The van der Waals surface area contributed by atoms with Gasteiger partial charge in [0.25, 0.3) is 5.91 Å². The van der Waals surface area contributed by atoms with E-state index in [2.05, 4.69) is 11.1 Å². The smallest absolute Gasteiger partial charge is 0.254 e.